The van der Waals surface area contributed by atoms with Crippen LogP contribution in [0.1, 0.15) is 65.1 Å². The van der Waals surface area contributed by atoms with Crippen LogP contribution in [0.4, 0.5) is 5.69 Å². The highest BCUT2D eigenvalue weighted by Gasteiger charge is 2.28. The lowest BCUT2D eigenvalue weighted by Gasteiger charge is -2.11. The van der Waals surface area contributed by atoms with E-state index < -0.39 is 16.7 Å². The first-order chi connectivity index (χ1) is 14.3. The second kappa shape index (κ2) is 7.54. The molecule has 4 rings (SSSR count). The molecule has 0 aliphatic heterocycles. The highest BCUT2D eigenvalue weighted by atomic mass is 16.6. The van der Waals surface area contributed by atoms with Crippen LogP contribution in [0.2, 0.25) is 0 Å². The van der Waals surface area contributed by atoms with E-state index in [1.165, 1.54) is 24.3 Å². The molecule has 2 amide bonds. The molecule has 0 unspecified atom stereocenters. The van der Waals surface area contributed by atoms with Crippen molar-refractivity contribution in [2.45, 2.75) is 38.6 Å². The lowest BCUT2D eigenvalue weighted by molar-refractivity contribution is -0.384. The normalized spacial score (nSPS) is 13.4. The second-order valence-corrected chi connectivity index (χ2v) is 7.50. The Hall–Kier alpha value is -3.82. The monoisotopic (exact) mass is 408 g/mol. The van der Waals surface area contributed by atoms with Crippen LogP contribution < -0.4 is 10.9 Å². The van der Waals surface area contributed by atoms with E-state index in [0.29, 0.717) is 22.5 Å². The quantitative estimate of drug-likeness (QED) is 0.493. The molecule has 10 nitrogen and oxygen atoms in total. The number of carbonyl (C=O) groups is 2. The molecular weight excluding hydrogens is 388 g/mol. The van der Waals surface area contributed by atoms with Gasteiger partial charge in [-0.05, 0) is 44.9 Å². The summed E-state index contributed by atoms with van der Waals surface area (Å²) in [4.78, 5) is 40.0. The molecule has 3 aromatic rings. The van der Waals surface area contributed by atoms with Gasteiger partial charge < -0.3 is 0 Å². The van der Waals surface area contributed by atoms with Gasteiger partial charge in [0.25, 0.3) is 17.5 Å². The number of amides is 2. The molecule has 0 spiro atoms. The second-order valence-electron chi connectivity index (χ2n) is 7.50. The summed E-state index contributed by atoms with van der Waals surface area (Å²) in [6.07, 6.45) is 3.67. The Labute approximate surface area is 171 Å². The number of fused-ring (bicyclic) bond motifs is 1. The average Bonchev–Trinajstić information content (AvgIpc) is 3.49. The number of nitrogens with one attached hydrogen (secondary N) is 2. The van der Waals surface area contributed by atoms with Crippen molar-refractivity contribution in [2.75, 3.05) is 0 Å². The number of non-ortho nitro benzene ring substituents is 1. The van der Waals surface area contributed by atoms with Gasteiger partial charge in [-0.1, -0.05) is 0 Å². The number of hydrazine groups is 1. The molecule has 0 radical (unpaired) electrons. The maximum Gasteiger partial charge on any atom is 0.270 e. The number of rotatable bonds is 5. The molecule has 2 N–H and O–H groups in total. The molecule has 1 aromatic carbocycles. The highest BCUT2D eigenvalue weighted by Crippen LogP contribution is 2.40. The zero-order valence-electron chi connectivity index (χ0n) is 16.5. The van der Waals surface area contributed by atoms with Gasteiger partial charge in [-0.2, -0.15) is 5.10 Å². The summed E-state index contributed by atoms with van der Waals surface area (Å²) in [6, 6.07) is 6.93. The SMILES string of the molecule is CC(C)n1ncc2c(C(=O)NNC(=O)c3ccc([N+](=O)[O-])cc3)cc(C3CC3)nc21. The van der Waals surface area contributed by atoms with E-state index in [9.17, 15) is 19.7 Å². The minimum Gasteiger partial charge on any atom is -0.267 e. The smallest absolute Gasteiger partial charge is 0.267 e. The van der Waals surface area contributed by atoms with Crippen molar-refractivity contribution in [3.05, 3.63) is 63.5 Å². The molecule has 0 saturated heterocycles. The number of benzene rings is 1. The predicted octanol–water partition coefficient (Wildman–Crippen LogP) is 2.87. The molecule has 0 bridgehead atoms. The van der Waals surface area contributed by atoms with Crippen LogP contribution in [0.15, 0.2) is 36.5 Å². The molecule has 1 saturated carbocycles. The minimum atomic E-state index is -0.580. The van der Waals surface area contributed by atoms with E-state index >= 15 is 0 Å². The van der Waals surface area contributed by atoms with Crippen LogP contribution in [0.25, 0.3) is 11.0 Å². The summed E-state index contributed by atoms with van der Waals surface area (Å²) in [6.45, 7) is 3.98. The number of hydrogen-bond acceptors (Lipinski definition) is 6. The maximum atomic E-state index is 12.8. The third kappa shape index (κ3) is 3.71. The molecule has 2 heterocycles. The highest BCUT2D eigenvalue weighted by molar-refractivity contribution is 6.06. The summed E-state index contributed by atoms with van der Waals surface area (Å²) >= 11 is 0. The molecule has 1 aliphatic rings. The van der Waals surface area contributed by atoms with Crippen LogP contribution in [0.5, 0.6) is 0 Å². The predicted molar refractivity (Wildman–Crippen MR) is 108 cm³/mol. The fraction of sp³-hybridized carbons (Fsp3) is 0.300. The molecule has 30 heavy (non-hydrogen) atoms. The Bertz CT molecular complexity index is 1150. The van der Waals surface area contributed by atoms with Crippen molar-refractivity contribution in [1.29, 1.82) is 0 Å². The van der Waals surface area contributed by atoms with Crippen LogP contribution in [0, 0.1) is 10.1 Å². The van der Waals surface area contributed by atoms with E-state index in [2.05, 4.69) is 16.0 Å². The topological polar surface area (TPSA) is 132 Å². The van der Waals surface area contributed by atoms with E-state index in [4.69, 9.17) is 4.98 Å². The summed E-state index contributed by atoms with van der Waals surface area (Å²) < 4.78 is 1.77. The van der Waals surface area contributed by atoms with Crippen LogP contribution in [-0.4, -0.2) is 31.5 Å². The molecule has 154 valence electrons. The Morgan fingerprint density at radius 2 is 1.83 bits per heavy atom. The van der Waals surface area contributed by atoms with Gasteiger partial charge in [-0.15, -0.1) is 0 Å². The average molecular weight is 408 g/mol. The van der Waals surface area contributed by atoms with Crippen LogP contribution >= 0.6 is 0 Å². The molecule has 1 aliphatic carbocycles. The first-order valence-corrected chi connectivity index (χ1v) is 9.58. The summed E-state index contributed by atoms with van der Waals surface area (Å²) in [5, 5.41) is 15.7. The molecule has 2 aromatic heterocycles. The Balaban J connectivity index is 1.55. The minimum absolute atomic E-state index is 0.0854. The zero-order chi connectivity index (χ0) is 21.4. The summed E-state index contributed by atoms with van der Waals surface area (Å²) in [5.74, 6) is -0.724. The third-order valence-electron chi connectivity index (χ3n) is 4.95. The third-order valence-corrected chi connectivity index (χ3v) is 4.95. The Morgan fingerprint density at radius 1 is 1.17 bits per heavy atom. The zero-order valence-corrected chi connectivity index (χ0v) is 16.5. The Morgan fingerprint density at radius 3 is 2.43 bits per heavy atom. The number of nitro benzene ring substituents is 1. The maximum absolute atomic E-state index is 12.8. The lowest BCUT2D eigenvalue weighted by Crippen LogP contribution is -2.41. The number of carbonyl (C=O) groups excluding carboxylic acids is 2. The van der Waals surface area contributed by atoms with Gasteiger partial charge in [0.2, 0.25) is 0 Å². The van der Waals surface area contributed by atoms with Gasteiger partial charge in [0.1, 0.15) is 0 Å². The van der Waals surface area contributed by atoms with E-state index in [-0.39, 0.29) is 17.3 Å². The van der Waals surface area contributed by atoms with Crippen LogP contribution in [-0.2, 0) is 0 Å². The van der Waals surface area contributed by atoms with Gasteiger partial charge >= 0.3 is 0 Å². The Kier molecular flexibility index (Phi) is 4.90. The van der Waals surface area contributed by atoms with Crippen molar-refractivity contribution in [1.82, 2.24) is 25.6 Å². The first kappa shape index (κ1) is 19.5. The summed E-state index contributed by atoms with van der Waals surface area (Å²) in [5.41, 5.74) is 6.70. The van der Waals surface area contributed by atoms with Crippen molar-refractivity contribution in [3.8, 4) is 0 Å². The van der Waals surface area contributed by atoms with Gasteiger partial charge in [0, 0.05) is 35.3 Å². The standard InChI is InChI=1S/C20H20N6O4/c1-11(2)25-18-16(10-21-25)15(9-17(22-18)12-3-4-12)20(28)24-23-19(27)13-5-7-14(8-6-13)26(29)30/h5-12H,3-4H2,1-2H3,(H,23,27)(H,24,28). The van der Waals surface area contributed by atoms with E-state index in [1.54, 1.807) is 16.9 Å². The summed E-state index contributed by atoms with van der Waals surface area (Å²) in [7, 11) is 0. The van der Waals surface area contributed by atoms with Gasteiger partial charge in [-0.25, -0.2) is 9.67 Å². The van der Waals surface area contributed by atoms with Crippen molar-refractivity contribution in [3.63, 3.8) is 0 Å². The van der Waals surface area contributed by atoms with Crippen molar-refractivity contribution < 1.29 is 14.5 Å². The number of nitro groups is 1. The number of aromatic nitrogens is 3. The van der Waals surface area contributed by atoms with Crippen molar-refractivity contribution >= 4 is 28.5 Å². The van der Waals surface area contributed by atoms with E-state index in [1.807, 2.05) is 13.8 Å². The largest absolute Gasteiger partial charge is 0.270 e. The molecule has 1 fully saturated rings. The lowest BCUT2D eigenvalue weighted by atomic mass is 10.1. The fourth-order valence-electron chi connectivity index (χ4n) is 3.18. The molecule has 10 heteroatoms. The van der Waals surface area contributed by atoms with Gasteiger partial charge in [0.05, 0.1) is 22.1 Å². The molecule has 0 atom stereocenters. The van der Waals surface area contributed by atoms with Gasteiger partial charge in [0.15, 0.2) is 5.65 Å². The molecular formula is C20H20N6O4. The van der Waals surface area contributed by atoms with Crippen molar-refractivity contribution in [2.24, 2.45) is 0 Å². The van der Waals surface area contributed by atoms with Gasteiger partial charge in [-0.3, -0.25) is 30.6 Å². The first-order valence-electron chi connectivity index (χ1n) is 9.58. The number of pyridine rings is 1. The van der Waals surface area contributed by atoms with Crippen LogP contribution in [0.3, 0.4) is 0 Å². The fourth-order valence-corrected chi connectivity index (χ4v) is 3.18. The number of nitrogens with zero attached hydrogens (tertiary/aromatic N) is 4. The van der Waals surface area contributed by atoms with E-state index in [0.717, 1.165) is 18.5 Å². The number of hydrogen-bond donors (Lipinski definition) is 2.